The van der Waals surface area contributed by atoms with Crippen molar-refractivity contribution in [3.05, 3.63) is 23.3 Å². The molecule has 1 saturated heterocycles. The van der Waals surface area contributed by atoms with Crippen molar-refractivity contribution < 1.29 is 28.5 Å². The van der Waals surface area contributed by atoms with Crippen LogP contribution in [-0.2, 0) is 0 Å². The zero-order chi connectivity index (χ0) is 23.3. The van der Waals surface area contributed by atoms with Crippen LogP contribution in [0.5, 0.6) is 0 Å². The van der Waals surface area contributed by atoms with E-state index in [1.807, 2.05) is 0 Å². The SMILES string of the molecule is C[C@H](CN1CC(O)(C(F)(F)F)C1)[C@H]1CC[C@H]2/C(=C/C=C3C[C@@H](O)C[C@H](O)C3)CCC[C@]12C. The fraction of sp³-hybridized carbons (Fsp3) is 0.840. The minimum Gasteiger partial charge on any atom is -0.393 e. The predicted octanol–water partition coefficient (Wildman–Crippen LogP) is 4.21. The molecule has 0 aromatic heterocycles. The zero-order valence-electron chi connectivity index (χ0n) is 19.2. The van der Waals surface area contributed by atoms with Gasteiger partial charge in [0.15, 0.2) is 5.60 Å². The van der Waals surface area contributed by atoms with Crippen LogP contribution in [0.3, 0.4) is 0 Å². The van der Waals surface area contributed by atoms with Gasteiger partial charge in [0.1, 0.15) is 0 Å². The molecule has 0 aromatic rings. The van der Waals surface area contributed by atoms with Crippen molar-refractivity contribution in [2.75, 3.05) is 19.6 Å². The van der Waals surface area contributed by atoms with Crippen LogP contribution in [0.15, 0.2) is 23.3 Å². The lowest BCUT2D eigenvalue weighted by atomic mass is 9.61. The van der Waals surface area contributed by atoms with Crippen LogP contribution in [0.4, 0.5) is 13.2 Å². The first-order valence-corrected chi connectivity index (χ1v) is 12.2. The summed E-state index contributed by atoms with van der Waals surface area (Å²) in [5, 5.41) is 29.6. The number of nitrogens with zero attached hydrogens (tertiary/aromatic N) is 1. The molecule has 1 heterocycles. The Kier molecular flexibility index (Phi) is 6.60. The molecule has 3 N–H and O–H groups in total. The molecule has 4 nitrogen and oxygen atoms in total. The summed E-state index contributed by atoms with van der Waals surface area (Å²) in [6.07, 6.45) is 6.09. The molecule has 32 heavy (non-hydrogen) atoms. The average molecular weight is 458 g/mol. The van der Waals surface area contributed by atoms with E-state index in [2.05, 4.69) is 26.0 Å². The second-order valence-corrected chi connectivity index (χ2v) is 11.3. The molecule has 4 aliphatic rings. The molecule has 0 spiro atoms. The first-order chi connectivity index (χ1) is 14.9. The van der Waals surface area contributed by atoms with Crippen molar-refractivity contribution in [3.8, 4) is 0 Å². The standard InChI is InChI=1S/C25H38F3NO3/c1-16(13-29-14-24(32,15-29)25(26,27)28)21-7-8-22-18(4-3-9-23(21,22)2)6-5-17-10-19(30)12-20(31)11-17/h5-6,16,19-22,30-32H,3-4,7-15H2,1-2H3/b18-6+/t16-,19-,20-,21-,22+,23-/m1/s1. The third-order valence-corrected chi connectivity index (χ3v) is 8.84. The highest BCUT2D eigenvalue weighted by molar-refractivity contribution is 5.26. The summed E-state index contributed by atoms with van der Waals surface area (Å²) < 4.78 is 38.9. The number of hydrogen-bond acceptors (Lipinski definition) is 4. The number of alkyl halides is 3. The van der Waals surface area contributed by atoms with E-state index in [9.17, 15) is 28.5 Å². The van der Waals surface area contributed by atoms with Gasteiger partial charge in [-0.25, -0.2) is 0 Å². The fourth-order valence-corrected chi connectivity index (χ4v) is 7.28. The lowest BCUT2D eigenvalue weighted by molar-refractivity contribution is -0.302. The molecule has 7 heteroatoms. The van der Waals surface area contributed by atoms with Crippen LogP contribution < -0.4 is 0 Å². The van der Waals surface area contributed by atoms with Gasteiger partial charge in [0, 0.05) is 19.6 Å². The van der Waals surface area contributed by atoms with Gasteiger partial charge in [-0.1, -0.05) is 37.1 Å². The van der Waals surface area contributed by atoms with E-state index in [-0.39, 0.29) is 24.4 Å². The fourth-order valence-electron chi connectivity index (χ4n) is 7.28. The first-order valence-electron chi connectivity index (χ1n) is 12.2. The molecule has 4 rings (SSSR count). The van der Waals surface area contributed by atoms with E-state index in [4.69, 9.17) is 0 Å². The Balaban J connectivity index is 1.40. The molecule has 3 aliphatic carbocycles. The summed E-state index contributed by atoms with van der Waals surface area (Å²) >= 11 is 0. The number of rotatable bonds is 4. The summed E-state index contributed by atoms with van der Waals surface area (Å²) in [7, 11) is 0. The number of hydrogen-bond donors (Lipinski definition) is 3. The molecule has 0 amide bonds. The molecule has 0 bridgehead atoms. The van der Waals surface area contributed by atoms with Crippen LogP contribution in [0.25, 0.3) is 0 Å². The van der Waals surface area contributed by atoms with Crippen molar-refractivity contribution in [2.45, 2.75) is 89.2 Å². The molecule has 6 atom stereocenters. The largest absolute Gasteiger partial charge is 0.419 e. The first kappa shape index (κ1) is 24.2. The number of likely N-dealkylation sites (tertiary alicyclic amines) is 1. The van der Waals surface area contributed by atoms with E-state index >= 15 is 0 Å². The molecular weight excluding hydrogens is 419 g/mol. The Morgan fingerprint density at radius 3 is 2.41 bits per heavy atom. The van der Waals surface area contributed by atoms with Crippen LogP contribution in [-0.4, -0.2) is 63.8 Å². The highest BCUT2D eigenvalue weighted by Gasteiger charge is 2.61. The van der Waals surface area contributed by atoms with Gasteiger partial charge < -0.3 is 15.3 Å². The zero-order valence-corrected chi connectivity index (χ0v) is 19.2. The van der Waals surface area contributed by atoms with E-state index < -0.39 is 24.0 Å². The van der Waals surface area contributed by atoms with Crippen LogP contribution >= 0.6 is 0 Å². The minimum absolute atomic E-state index is 0.152. The molecule has 182 valence electrons. The van der Waals surface area contributed by atoms with Crippen molar-refractivity contribution in [2.24, 2.45) is 23.2 Å². The number of β-amino-alcohol motifs (C(OH)–C–C–N with tert-alkyl or cyclic N) is 1. The summed E-state index contributed by atoms with van der Waals surface area (Å²) in [5.41, 5.74) is 0.169. The van der Waals surface area contributed by atoms with Gasteiger partial charge in [-0.2, -0.15) is 13.2 Å². The summed E-state index contributed by atoms with van der Waals surface area (Å²) in [5.74, 6) is 1.23. The monoisotopic (exact) mass is 457 g/mol. The van der Waals surface area contributed by atoms with E-state index in [1.165, 1.54) is 5.57 Å². The van der Waals surface area contributed by atoms with E-state index in [0.717, 1.165) is 37.7 Å². The van der Waals surface area contributed by atoms with Gasteiger partial charge in [0.2, 0.25) is 0 Å². The number of halogens is 3. The van der Waals surface area contributed by atoms with Gasteiger partial charge in [0.05, 0.1) is 12.2 Å². The number of allylic oxidation sites excluding steroid dienone is 3. The maximum atomic E-state index is 13.0. The Hall–Kier alpha value is -0.890. The second kappa shape index (κ2) is 8.71. The Labute approximate surface area is 189 Å². The van der Waals surface area contributed by atoms with E-state index in [1.54, 1.807) is 4.90 Å². The topological polar surface area (TPSA) is 63.9 Å². The van der Waals surface area contributed by atoms with Gasteiger partial charge >= 0.3 is 6.18 Å². The van der Waals surface area contributed by atoms with Crippen molar-refractivity contribution >= 4 is 0 Å². The third kappa shape index (κ3) is 4.55. The maximum absolute atomic E-state index is 13.0. The summed E-state index contributed by atoms with van der Waals surface area (Å²) in [4.78, 5) is 1.75. The molecule has 1 aliphatic heterocycles. The summed E-state index contributed by atoms with van der Waals surface area (Å²) in [6, 6.07) is 0. The molecular formula is C25H38F3NO3. The number of fused-ring (bicyclic) bond motifs is 1. The highest BCUT2D eigenvalue weighted by Crippen LogP contribution is 2.59. The van der Waals surface area contributed by atoms with Crippen LogP contribution in [0.1, 0.15) is 65.2 Å². The van der Waals surface area contributed by atoms with Gasteiger partial charge in [-0.05, 0) is 74.5 Å². The molecule has 0 unspecified atom stereocenters. The average Bonchev–Trinajstić information content (AvgIpc) is 3.01. The Morgan fingerprint density at radius 2 is 1.78 bits per heavy atom. The normalized spacial score (nSPS) is 40.1. The number of aliphatic hydroxyl groups is 3. The quantitative estimate of drug-likeness (QED) is 0.592. The van der Waals surface area contributed by atoms with Crippen molar-refractivity contribution in [1.29, 1.82) is 0 Å². The van der Waals surface area contributed by atoms with Crippen LogP contribution in [0.2, 0.25) is 0 Å². The Bertz CT molecular complexity index is 746. The van der Waals surface area contributed by atoms with Crippen LogP contribution in [0, 0.1) is 23.2 Å². The van der Waals surface area contributed by atoms with Gasteiger partial charge in [0.25, 0.3) is 0 Å². The smallest absolute Gasteiger partial charge is 0.393 e. The number of aliphatic hydroxyl groups excluding tert-OH is 2. The molecule has 0 aromatic carbocycles. The molecule has 4 fully saturated rings. The van der Waals surface area contributed by atoms with Crippen molar-refractivity contribution in [1.82, 2.24) is 4.90 Å². The molecule has 0 radical (unpaired) electrons. The maximum Gasteiger partial charge on any atom is 0.419 e. The molecule has 3 saturated carbocycles. The predicted molar refractivity (Wildman–Crippen MR) is 117 cm³/mol. The Morgan fingerprint density at radius 1 is 1.12 bits per heavy atom. The summed E-state index contributed by atoms with van der Waals surface area (Å²) in [6.45, 7) is 4.49. The third-order valence-electron chi connectivity index (χ3n) is 8.84. The minimum atomic E-state index is -4.56. The van der Waals surface area contributed by atoms with Gasteiger partial charge in [-0.15, -0.1) is 0 Å². The van der Waals surface area contributed by atoms with E-state index in [0.29, 0.717) is 37.6 Å². The second-order valence-electron chi connectivity index (χ2n) is 11.3. The lowest BCUT2D eigenvalue weighted by Crippen LogP contribution is -2.69. The van der Waals surface area contributed by atoms with Crippen molar-refractivity contribution in [3.63, 3.8) is 0 Å². The highest BCUT2D eigenvalue weighted by atomic mass is 19.4. The lowest BCUT2D eigenvalue weighted by Gasteiger charge is -2.50. The van der Waals surface area contributed by atoms with Gasteiger partial charge in [-0.3, -0.25) is 4.90 Å².